The largest absolute Gasteiger partial charge is 0.319 e. The molecule has 1 aromatic rings. The van der Waals surface area contributed by atoms with Gasteiger partial charge in [-0.3, -0.25) is 10.1 Å². The summed E-state index contributed by atoms with van der Waals surface area (Å²) >= 11 is 0. The Kier molecular flexibility index (Phi) is 4.66. The minimum absolute atomic E-state index is 0.173. The van der Waals surface area contributed by atoms with Crippen molar-refractivity contribution >= 4 is 11.8 Å². The van der Waals surface area contributed by atoms with Crippen molar-refractivity contribution in [3.8, 4) is 0 Å². The molecule has 0 aliphatic rings. The third-order valence-corrected chi connectivity index (χ3v) is 2.29. The monoisotopic (exact) mass is 220 g/mol. The molecule has 0 fully saturated rings. The van der Waals surface area contributed by atoms with E-state index < -0.39 is 0 Å². The van der Waals surface area contributed by atoms with Crippen molar-refractivity contribution in [1.29, 1.82) is 0 Å². The number of benzene rings is 1. The molecule has 0 aliphatic carbocycles. The lowest BCUT2D eigenvalue weighted by atomic mass is 10.1. The lowest BCUT2D eigenvalue weighted by molar-refractivity contribution is -0.385. The first-order valence-corrected chi connectivity index (χ1v) is 5.21. The molecule has 16 heavy (non-hydrogen) atoms. The standard InChI is InChI=1S/C12H16N2O2/c1-10-9-11(5-3-4-8-13-2)6-7-12(10)14(15)16/h3,5-7,9,13H,4,8H2,1-2H3. The van der Waals surface area contributed by atoms with Crippen molar-refractivity contribution in [2.24, 2.45) is 0 Å². The van der Waals surface area contributed by atoms with E-state index >= 15 is 0 Å². The van der Waals surface area contributed by atoms with Gasteiger partial charge in [0, 0.05) is 11.6 Å². The normalized spacial score (nSPS) is 10.9. The third kappa shape index (κ3) is 3.47. The van der Waals surface area contributed by atoms with Crippen molar-refractivity contribution < 1.29 is 4.92 Å². The number of aryl methyl sites for hydroxylation is 1. The quantitative estimate of drug-likeness (QED) is 0.471. The van der Waals surface area contributed by atoms with Gasteiger partial charge in [0.1, 0.15) is 0 Å². The number of nitro groups is 1. The van der Waals surface area contributed by atoms with Crippen LogP contribution in [0, 0.1) is 17.0 Å². The topological polar surface area (TPSA) is 55.2 Å². The van der Waals surface area contributed by atoms with E-state index in [-0.39, 0.29) is 10.6 Å². The predicted molar refractivity (Wildman–Crippen MR) is 65.4 cm³/mol. The molecule has 0 unspecified atom stereocenters. The Morgan fingerprint density at radius 2 is 2.25 bits per heavy atom. The summed E-state index contributed by atoms with van der Waals surface area (Å²) in [6.45, 7) is 2.69. The van der Waals surface area contributed by atoms with Gasteiger partial charge in [0.25, 0.3) is 5.69 Å². The second kappa shape index (κ2) is 6.02. The molecule has 0 radical (unpaired) electrons. The highest BCUT2D eigenvalue weighted by Gasteiger charge is 2.08. The van der Waals surface area contributed by atoms with Crippen molar-refractivity contribution in [2.45, 2.75) is 13.3 Å². The summed E-state index contributed by atoms with van der Waals surface area (Å²) in [5.41, 5.74) is 1.87. The first kappa shape index (κ1) is 12.4. The van der Waals surface area contributed by atoms with Gasteiger partial charge in [0.15, 0.2) is 0 Å². The summed E-state index contributed by atoms with van der Waals surface area (Å²) in [5.74, 6) is 0. The van der Waals surface area contributed by atoms with Gasteiger partial charge < -0.3 is 5.32 Å². The molecule has 0 saturated heterocycles. The van der Waals surface area contributed by atoms with E-state index in [2.05, 4.69) is 11.4 Å². The van der Waals surface area contributed by atoms with Crippen molar-refractivity contribution in [3.63, 3.8) is 0 Å². The molecule has 0 spiro atoms. The molecule has 0 saturated carbocycles. The second-order valence-electron chi connectivity index (χ2n) is 3.60. The van der Waals surface area contributed by atoms with Crippen LogP contribution in [0.25, 0.3) is 6.08 Å². The SMILES string of the molecule is CNCCC=Cc1ccc([N+](=O)[O-])c(C)c1. The van der Waals surface area contributed by atoms with E-state index in [0.29, 0.717) is 5.56 Å². The number of nitrogens with one attached hydrogen (secondary N) is 1. The Morgan fingerprint density at radius 1 is 1.50 bits per heavy atom. The van der Waals surface area contributed by atoms with Crippen LogP contribution in [0.4, 0.5) is 5.69 Å². The Morgan fingerprint density at radius 3 is 2.81 bits per heavy atom. The van der Waals surface area contributed by atoms with E-state index in [4.69, 9.17) is 0 Å². The van der Waals surface area contributed by atoms with Gasteiger partial charge >= 0.3 is 0 Å². The smallest absolute Gasteiger partial charge is 0.272 e. The zero-order chi connectivity index (χ0) is 12.0. The summed E-state index contributed by atoms with van der Waals surface area (Å²) in [5, 5.41) is 13.7. The molecule has 0 aliphatic heterocycles. The molecule has 0 atom stereocenters. The molecule has 0 heterocycles. The van der Waals surface area contributed by atoms with Gasteiger partial charge in [0.05, 0.1) is 4.92 Å². The number of hydrogen-bond donors (Lipinski definition) is 1. The second-order valence-corrected chi connectivity index (χ2v) is 3.60. The average Bonchev–Trinajstić information content (AvgIpc) is 2.24. The average molecular weight is 220 g/mol. The van der Waals surface area contributed by atoms with Crippen LogP contribution in [0.5, 0.6) is 0 Å². The minimum atomic E-state index is -0.357. The molecule has 0 aromatic heterocycles. The van der Waals surface area contributed by atoms with Crippen molar-refractivity contribution in [3.05, 3.63) is 45.5 Å². The summed E-state index contributed by atoms with van der Waals surface area (Å²) in [4.78, 5) is 10.3. The fourth-order valence-electron chi connectivity index (χ4n) is 1.43. The molecule has 86 valence electrons. The molecule has 4 heteroatoms. The highest BCUT2D eigenvalue weighted by Crippen LogP contribution is 2.19. The number of rotatable bonds is 5. The molecule has 0 amide bonds. The Labute approximate surface area is 95.1 Å². The summed E-state index contributed by atoms with van der Waals surface area (Å²) in [7, 11) is 1.91. The van der Waals surface area contributed by atoms with Gasteiger partial charge in [-0.15, -0.1) is 0 Å². The lowest BCUT2D eigenvalue weighted by Gasteiger charge is -1.98. The molecular formula is C12H16N2O2. The van der Waals surface area contributed by atoms with Gasteiger partial charge in [-0.2, -0.15) is 0 Å². The van der Waals surface area contributed by atoms with E-state index in [1.807, 2.05) is 19.2 Å². The number of nitro benzene ring substituents is 1. The van der Waals surface area contributed by atoms with Crippen LogP contribution in [-0.2, 0) is 0 Å². The first-order chi connectivity index (χ1) is 7.65. The molecule has 1 rings (SSSR count). The summed E-state index contributed by atoms with van der Waals surface area (Å²) in [6.07, 6.45) is 4.98. The van der Waals surface area contributed by atoms with Crippen molar-refractivity contribution in [1.82, 2.24) is 5.32 Å². The Hall–Kier alpha value is -1.68. The van der Waals surface area contributed by atoms with Crippen LogP contribution in [-0.4, -0.2) is 18.5 Å². The fourth-order valence-corrected chi connectivity index (χ4v) is 1.43. The molecule has 1 N–H and O–H groups in total. The predicted octanol–water partition coefficient (Wildman–Crippen LogP) is 2.53. The molecule has 1 aromatic carbocycles. The van der Waals surface area contributed by atoms with E-state index in [1.54, 1.807) is 19.1 Å². The molecular weight excluding hydrogens is 204 g/mol. The van der Waals surface area contributed by atoms with Crippen LogP contribution < -0.4 is 5.32 Å². The van der Waals surface area contributed by atoms with E-state index in [1.165, 1.54) is 0 Å². The zero-order valence-electron chi connectivity index (χ0n) is 9.56. The van der Waals surface area contributed by atoms with Gasteiger partial charge in [-0.25, -0.2) is 0 Å². The maximum absolute atomic E-state index is 10.6. The van der Waals surface area contributed by atoms with Gasteiger partial charge in [-0.1, -0.05) is 12.2 Å². The number of hydrogen-bond acceptors (Lipinski definition) is 3. The highest BCUT2D eigenvalue weighted by molar-refractivity contribution is 5.54. The van der Waals surface area contributed by atoms with E-state index in [0.717, 1.165) is 18.5 Å². The fraction of sp³-hybridized carbons (Fsp3) is 0.333. The van der Waals surface area contributed by atoms with Crippen LogP contribution >= 0.6 is 0 Å². The maximum atomic E-state index is 10.6. The lowest BCUT2D eigenvalue weighted by Crippen LogP contribution is -2.05. The van der Waals surface area contributed by atoms with Crippen molar-refractivity contribution in [2.75, 3.05) is 13.6 Å². The summed E-state index contributed by atoms with van der Waals surface area (Å²) in [6, 6.07) is 5.14. The van der Waals surface area contributed by atoms with E-state index in [9.17, 15) is 10.1 Å². The van der Waals surface area contributed by atoms with Crippen LogP contribution in [0.1, 0.15) is 17.5 Å². The van der Waals surface area contributed by atoms with Crippen LogP contribution in [0.2, 0.25) is 0 Å². The van der Waals surface area contributed by atoms with Crippen LogP contribution in [0.15, 0.2) is 24.3 Å². The number of nitrogens with zero attached hydrogens (tertiary/aromatic N) is 1. The van der Waals surface area contributed by atoms with Gasteiger partial charge in [-0.05, 0) is 44.6 Å². The maximum Gasteiger partial charge on any atom is 0.272 e. The third-order valence-electron chi connectivity index (χ3n) is 2.29. The Balaban J connectivity index is 2.73. The zero-order valence-corrected chi connectivity index (χ0v) is 9.56. The van der Waals surface area contributed by atoms with Crippen LogP contribution in [0.3, 0.4) is 0 Å². The Bertz CT molecular complexity index is 400. The first-order valence-electron chi connectivity index (χ1n) is 5.21. The molecule has 4 nitrogen and oxygen atoms in total. The molecule has 0 bridgehead atoms. The van der Waals surface area contributed by atoms with Gasteiger partial charge in [0.2, 0.25) is 0 Å². The summed E-state index contributed by atoms with van der Waals surface area (Å²) < 4.78 is 0. The highest BCUT2D eigenvalue weighted by atomic mass is 16.6. The minimum Gasteiger partial charge on any atom is -0.319 e.